The summed E-state index contributed by atoms with van der Waals surface area (Å²) in [7, 11) is 0. The molecule has 8 nitrogen and oxygen atoms in total. The number of nitrogens with zero attached hydrogens (tertiary/aromatic N) is 2. The van der Waals surface area contributed by atoms with E-state index < -0.39 is 35.0 Å². The molecule has 3 saturated heterocycles. The number of aliphatic hydroxyl groups excluding tert-OH is 1. The highest BCUT2D eigenvalue weighted by molar-refractivity contribution is 6.34. The molecule has 3 aliphatic rings. The monoisotopic (exact) mass is 518 g/mol. The van der Waals surface area contributed by atoms with Gasteiger partial charge < -0.3 is 24.7 Å². The number of benzene rings is 1. The van der Waals surface area contributed by atoms with E-state index in [1.807, 2.05) is 6.92 Å². The fourth-order valence-electron chi connectivity index (χ4n) is 6.62. The molecule has 2 bridgehead atoms. The maximum absolute atomic E-state index is 14.3. The quantitative estimate of drug-likeness (QED) is 0.323. The highest BCUT2D eigenvalue weighted by atomic mass is 35.5. The minimum atomic E-state index is -1.20. The maximum Gasteiger partial charge on any atom is 0.310 e. The van der Waals surface area contributed by atoms with Crippen LogP contribution in [0.1, 0.15) is 51.9 Å². The second-order valence-electron chi connectivity index (χ2n) is 10.0. The number of carboxylic acids is 1. The Kier molecular flexibility index (Phi) is 7.78. The van der Waals surface area contributed by atoms with Crippen molar-refractivity contribution in [2.24, 2.45) is 11.8 Å². The molecule has 0 radical (unpaired) electrons. The van der Waals surface area contributed by atoms with Gasteiger partial charge in [0.2, 0.25) is 5.91 Å². The summed E-state index contributed by atoms with van der Waals surface area (Å²) in [4.78, 5) is 43.8. The van der Waals surface area contributed by atoms with Crippen LogP contribution in [0.3, 0.4) is 0 Å². The standard InChI is InChI=1S/C27H35ClN2O6/c1-3-15-29(19-12-8-7-11-18(19)28)24(33)22-27-14-13-26(4-2,36-27)21(25(34)35)20(27)23(32)30(22)16-9-5-6-10-17-31/h3,7-8,11-12,20-22,31H,1,4-6,9-10,13-17H2,2H3,(H,34,35)/t20-,21+,22?,26-,27?/m0/s1. The van der Waals surface area contributed by atoms with Gasteiger partial charge in [-0.2, -0.15) is 0 Å². The number of amides is 2. The summed E-state index contributed by atoms with van der Waals surface area (Å²) < 4.78 is 6.59. The Morgan fingerprint density at radius 3 is 2.61 bits per heavy atom. The third kappa shape index (κ3) is 4.13. The topological polar surface area (TPSA) is 107 Å². The largest absolute Gasteiger partial charge is 0.481 e. The number of fused-ring (bicyclic) bond motifs is 1. The second-order valence-corrected chi connectivity index (χ2v) is 10.4. The van der Waals surface area contributed by atoms with Crippen LogP contribution >= 0.6 is 11.6 Å². The molecule has 5 atom stereocenters. The van der Waals surface area contributed by atoms with Crippen LogP contribution in [-0.2, 0) is 19.1 Å². The molecule has 4 rings (SSSR count). The van der Waals surface area contributed by atoms with Gasteiger partial charge in [0.1, 0.15) is 17.6 Å². The molecule has 0 saturated carbocycles. The first kappa shape index (κ1) is 26.6. The minimum Gasteiger partial charge on any atom is -0.481 e. The van der Waals surface area contributed by atoms with E-state index >= 15 is 0 Å². The Balaban J connectivity index is 1.75. The smallest absolute Gasteiger partial charge is 0.310 e. The molecule has 36 heavy (non-hydrogen) atoms. The van der Waals surface area contributed by atoms with Crippen LogP contribution in [0, 0.1) is 11.8 Å². The summed E-state index contributed by atoms with van der Waals surface area (Å²) >= 11 is 6.46. The fourth-order valence-corrected chi connectivity index (χ4v) is 6.85. The summed E-state index contributed by atoms with van der Waals surface area (Å²) in [6, 6.07) is 6.05. The van der Waals surface area contributed by atoms with Crippen LogP contribution < -0.4 is 4.90 Å². The first-order chi connectivity index (χ1) is 17.3. The molecule has 9 heteroatoms. The summed E-state index contributed by atoms with van der Waals surface area (Å²) in [6.45, 7) is 6.29. The normalized spacial score (nSPS) is 30.5. The van der Waals surface area contributed by atoms with Crippen molar-refractivity contribution in [3.8, 4) is 0 Å². The number of aliphatic hydroxyl groups is 1. The Hall–Kier alpha value is -2.42. The second kappa shape index (κ2) is 10.5. The lowest BCUT2D eigenvalue weighted by atomic mass is 9.65. The number of rotatable bonds is 12. The molecule has 0 aliphatic carbocycles. The summed E-state index contributed by atoms with van der Waals surface area (Å²) in [5.74, 6) is -3.62. The van der Waals surface area contributed by atoms with Crippen LogP contribution in [0.4, 0.5) is 5.69 Å². The zero-order valence-corrected chi connectivity index (χ0v) is 21.5. The average molecular weight is 519 g/mol. The zero-order valence-electron chi connectivity index (χ0n) is 20.7. The van der Waals surface area contributed by atoms with Crippen molar-refractivity contribution in [2.75, 3.05) is 24.6 Å². The lowest BCUT2D eigenvalue weighted by Gasteiger charge is -2.37. The molecule has 3 aliphatic heterocycles. The van der Waals surface area contributed by atoms with E-state index in [0.29, 0.717) is 49.4 Å². The van der Waals surface area contributed by atoms with Gasteiger partial charge in [0.25, 0.3) is 5.91 Å². The molecule has 2 amide bonds. The number of para-hydroxylation sites is 1. The number of carbonyl (C=O) groups excluding carboxylic acids is 2. The van der Waals surface area contributed by atoms with Gasteiger partial charge in [-0.15, -0.1) is 6.58 Å². The first-order valence-electron chi connectivity index (χ1n) is 12.8. The molecule has 2 unspecified atom stereocenters. The van der Waals surface area contributed by atoms with Crippen molar-refractivity contribution in [1.82, 2.24) is 4.90 Å². The number of halogens is 1. The lowest BCUT2D eigenvalue weighted by Crippen LogP contribution is -2.56. The predicted octanol–water partition coefficient (Wildman–Crippen LogP) is 3.65. The van der Waals surface area contributed by atoms with Gasteiger partial charge in [-0.1, -0.05) is 49.6 Å². The van der Waals surface area contributed by atoms with Gasteiger partial charge in [0, 0.05) is 19.7 Å². The van der Waals surface area contributed by atoms with Crippen molar-refractivity contribution < 1.29 is 29.3 Å². The van der Waals surface area contributed by atoms with E-state index in [-0.39, 0.29) is 25.0 Å². The molecule has 1 aromatic rings. The molecular formula is C27H35ClN2O6. The number of carbonyl (C=O) groups is 3. The van der Waals surface area contributed by atoms with Crippen LogP contribution in [0.2, 0.25) is 5.02 Å². The maximum atomic E-state index is 14.3. The highest BCUT2D eigenvalue weighted by Crippen LogP contribution is 2.64. The van der Waals surface area contributed by atoms with Crippen LogP contribution in [0.5, 0.6) is 0 Å². The van der Waals surface area contributed by atoms with Crippen LogP contribution in [-0.4, -0.2) is 69.8 Å². The van der Waals surface area contributed by atoms with Crippen molar-refractivity contribution >= 4 is 35.1 Å². The van der Waals surface area contributed by atoms with Gasteiger partial charge in [0.05, 0.1) is 22.2 Å². The number of aliphatic carboxylic acids is 1. The number of carboxylic acid groups (broad SMARTS) is 1. The Labute approximate surface area is 216 Å². The number of likely N-dealkylation sites (tertiary alicyclic amines) is 1. The first-order valence-corrected chi connectivity index (χ1v) is 13.2. The molecule has 196 valence electrons. The van der Waals surface area contributed by atoms with Crippen molar-refractivity contribution in [3.63, 3.8) is 0 Å². The van der Waals surface area contributed by atoms with E-state index in [2.05, 4.69) is 6.58 Å². The molecule has 0 aromatic heterocycles. The highest BCUT2D eigenvalue weighted by Gasteiger charge is 2.79. The summed E-state index contributed by atoms with van der Waals surface area (Å²) in [5.41, 5.74) is -1.64. The molecule has 1 aromatic carbocycles. The van der Waals surface area contributed by atoms with Gasteiger partial charge in [0.15, 0.2) is 0 Å². The molecule has 3 fully saturated rings. The zero-order chi connectivity index (χ0) is 26.1. The van der Waals surface area contributed by atoms with Crippen LogP contribution in [0.15, 0.2) is 36.9 Å². The third-order valence-corrected chi connectivity index (χ3v) is 8.53. The average Bonchev–Trinajstić information content (AvgIpc) is 3.46. The van der Waals surface area contributed by atoms with E-state index in [0.717, 1.165) is 12.8 Å². The molecule has 2 N–H and O–H groups in total. The van der Waals surface area contributed by atoms with Crippen molar-refractivity contribution in [1.29, 1.82) is 0 Å². The van der Waals surface area contributed by atoms with E-state index in [1.165, 1.54) is 4.90 Å². The Morgan fingerprint density at radius 2 is 1.97 bits per heavy atom. The number of unbranched alkanes of at least 4 members (excludes halogenated alkanes) is 3. The van der Waals surface area contributed by atoms with Gasteiger partial charge >= 0.3 is 5.97 Å². The fraction of sp³-hybridized carbons (Fsp3) is 0.593. The van der Waals surface area contributed by atoms with Crippen LogP contribution in [0.25, 0.3) is 0 Å². The number of ether oxygens (including phenoxy) is 1. The SMILES string of the molecule is C=CCN(C(=O)C1N(CCCCCCO)C(=O)[C@@H]2[C@H](C(=O)O)[C@]3(CC)CCC12O3)c1ccccc1Cl. The number of hydrogen-bond donors (Lipinski definition) is 2. The van der Waals surface area contributed by atoms with Gasteiger partial charge in [-0.25, -0.2) is 0 Å². The Morgan fingerprint density at radius 1 is 1.25 bits per heavy atom. The summed E-state index contributed by atoms with van der Waals surface area (Å²) in [6.07, 6.45) is 5.90. The van der Waals surface area contributed by atoms with Crippen molar-refractivity contribution in [3.05, 3.63) is 41.9 Å². The van der Waals surface area contributed by atoms with E-state index in [9.17, 15) is 19.5 Å². The number of anilines is 1. The van der Waals surface area contributed by atoms with Gasteiger partial charge in [-0.3, -0.25) is 14.4 Å². The number of hydrogen-bond acceptors (Lipinski definition) is 5. The Bertz CT molecular complexity index is 1030. The minimum absolute atomic E-state index is 0.108. The van der Waals surface area contributed by atoms with E-state index in [1.54, 1.807) is 35.2 Å². The molecular weight excluding hydrogens is 484 g/mol. The summed E-state index contributed by atoms with van der Waals surface area (Å²) in [5, 5.41) is 19.7. The lowest BCUT2D eigenvalue weighted by molar-refractivity contribution is -0.155. The van der Waals surface area contributed by atoms with Crippen molar-refractivity contribution in [2.45, 2.75) is 69.1 Å². The third-order valence-electron chi connectivity index (χ3n) is 8.21. The molecule has 3 heterocycles. The molecule has 1 spiro atoms. The van der Waals surface area contributed by atoms with Gasteiger partial charge in [-0.05, 0) is 44.2 Å². The van der Waals surface area contributed by atoms with E-state index in [4.69, 9.17) is 21.4 Å². The predicted molar refractivity (Wildman–Crippen MR) is 136 cm³/mol.